The molecule has 224 valence electrons. The van der Waals surface area contributed by atoms with Crippen LogP contribution in [-0.4, -0.2) is 53.7 Å². The molecule has 0 unspecified atom stereocenters. The summed E-state index contributed by atoms with van der Waals surface area (Å²) in [5.41, 5.74) is 0.378. The summed E-state index contributed by atoms with van der Waals surface area (Å²) in [5.74, 6) is -0.117. The molecule has 0 bridgehead atoms. The molecule has 1 aliphatic rings. The quantitative estimate of drug-likeness (QED) is 0.302. The Morgan fingerprint density at radius 1 is 1.21 bits per heavy atom. The molecule has 0 aliphatic carbocycles. The van der Waals surface area contributed by atoms with Gasteiger partial charge in [0.1, 0.15) is 12.2 Å². The summed E-state index contributed by atoms with van der Waals surface area (Å²) >= 11 is 6.06. The number of piperazine rings is 1. The molecule has 1 saturated heterocycles. The normalized spacial score (nSPS) is 13.6. The summed E-state index contributed by atoms with van der Waals surface area (Å²) < 4.78 is 52.0. The number of nitrogens with zero attached hydrogens (tertiary/aromatic N) is 4. The number of pyridine rings is 2. The highest BCUT2D eigenvalue weighted by Crippen LogP contribution is 2.34. The van der Waals surface area contributed by atoms with Crippen LogP contribution >= 0.6 is 24.0 Å². The molecule has 10 nitrogen and oxygen atoms in total. The minimum atomic E-state index is -4.58. The molecule has 15 heteroatoms. The molecule has 0 radical (unpaired) electrons. The highest BCUT2D eigenvalue weighted by Gasteiger charge is 2.31. The summed E-state index contributed by atoms with van der Waals surface area (Å²) in [7, 11) is 1.47. The monoisotopic (exact) mass is 626 g/mol. The number of nitrogens with one attached hydrogen (secondary N) is 2. The Morgan fingerprint density at radius 2 is 1.95 bits per heavy atom. The van der Waals surface area contributed by atoms with Crippen LogP contribution in [0.4, 0.5) is 24.5 Å². The molecule has 1 fully saturated rings. The molecule has 4 heterocycles. The second-order valence-corrected chi connectivity index (χ2v) is 9.71. The average molecular weight is 627 g/mol. The first-order valence-electron chi connectivity index (χ1n) is 12.8. The van der Waals surface area contributed by atoms with Crippen molar-refractivity contribution in [2.24, 2.45) is 0 Å². The number of amides is 1. The number of alkyl halides is 3. The molecular weight excluding hydrogens is 600 g/mol. The average Bonchev–Trinajstić information content (AvgIpc) is 3.41. The number of benzene rings is 1. The Bertz CT molecular complexity index is 1670. The van der Waals surface area contributed by atoms with Gasteiger partial charge in [0.2, 0.25) is 28.7 Å². The van der Waals surface area contributed by atoms with Gasteiger partial charge < -0.3 is 29.3 Å². The first-order valence-corrected chi connectivity index (χ1v) is 13.2. The maximum absolute atomic E-state index is 13.8. The van der Waals surface area contributed by atoms with Gasteiger partial charge in [0.15, 0.2) is 5.65 Å². The predicted octanol–water partition coefficient (Wildman–Crippen LogP) is 4.76. The Morgan fingerprint density at radius 3 is 2.60 bits per heavy atom. The van der Waals surface area contributed by atoms with Crippen LogP contribution < -0.4 is 25.7 Å². The van der Waals surface area contributed by atoms with Crippen LogP contribution in [-0.2, 0) is 23.9 Å². The lowest BCUT2D eigenvalue weighted by molar-refractivity contribution is -0.137. The van der Waals surface area contributed by atoms with Crippen molar-refractivity contribution in [2.45, 2.75) is 26.1 Å². The maximum atomic E-state index is 13.8. The molecule has 42 heavy (non-hydrogen) atoms. The van der Waals surface area contributed by atoms with Crippen LogP contribution in [0.1, 0.15) is 18.2 Å². The molecule has 1 aliphatic heterocycles. The highest BCUT2D eigenvalue weighted by molar-refractivity contribution is 6.33. The van der Waals surface area contributed by atoms with Crippen molar-refractivity contribution in [1.29, 1.82) is 0 Å². The van der Waals surface area contributed by atoms with Crippen molar-refractivity contribution in [3.8, 4) is 17.3 Å². The van der Waals surface area contributed by atoms with E-state index in [-0.39, 0.29) is 52.2 Å². The molecule has 1 aromatic carbocycles. The first kappa shape index (κ1) is 31.1. The Balaban J connectivity index is 0.00000405. The van der Waals surface area contributed by atoms with E-state index in [9.17, 15) is 22.8 Å². The number of halogens is 5. The number of rotatable bonds is 7. The van der Waals surface area contributed by atoms with E-state index in [0.29, 0.717) is 55.4 Å². The Kier molecular flexibility index (Phi) is 9.34. The third-order valence-electron chi connectivity index (χ3n) is 6.72. The zero-order chi connectivity index (χ0) is 29.3. The van der Waals surface area contributed by atoms with Crippen LogP contribution in [0.15, 0.2) is 45.7 Å². The number of oxazole rings is 1. The molecule has 2 N–H and O–H groups in total. The second-order valence-electron chi connectivity index (χ2n) is 9.30. The summed E-state index contributed by atoms with van der Waals surface area (Å²) in [6.45, 7) is 4.05. The van der Waals surface area contributed by atoms with Crippen LogP contribution in [0.5, 0.6) is 5.88 Å². The van der Waals surface area contributed by atoms with E-state index in [1.54, 1.807) is 16.7 Å². The van der Waals surface area contributed by atoms with Crippen LogP contribution in [0.3, 0.4) is 0 Å². The van der Waals surface area contributed by atoms with E-state index in [1.807, 2.05) is 11.8 Å². The lowest BCUT2D eigenvalue weighted by atomic mass is 10.1. The maximum Gasteiger partial charge on any atom is 0.416 e. The van der Waals surface area contributed by atoms with Gasteiger partial charge in [-0.3, -0.25) is 9.59 Å². The van der Waals surface area contributed by atoms with Crippen LogP contribution in [0, 0.1) is 0 Å². The third kappa shape index (κ3) is 6.18. The summed E-state index contributed by atoms with van der Waals surface area (Å²) in [6, 6.07) is 5.95. The van der Waals surface area contributed by atoms with E-state index >= 15 is 0 Å². The van der Waals surface area contributed by atoms with E-state index < -0.39 is 17.6 Å². The van der Waals surface area contributed by atoms with E-state index in [0.717, 1.165) is 18.2 Å². The lowest BCUT2D eigenvalue weighted by Gasteiger charge is -2.31. The van der Waals surface area contributed by atoms with Crippen molar-refractivity contribution in [1.82, 2.24) is 19.9 Å². The van der Waals surface area contributed by atoms with Gasteiger partial charge in [-0.2, -0.15) is 18.2 Å². The van der Waals surface area contributed by atoms with Gasteiger partial charge >= 0.3 is 6.18 Å². The van der Waals surface area contributed by atoms with E-state index in [4.69, 9.17) is 20.8 Å². The number of anilines is 2. The molecule has 0 atom stereocenters. The number of fused-ring (bicyclic) bond motifs is 1. The van der Waals surface area contributed by atoms with Crippen molar-refractivity contribution in [2.75, 3.05) is 43.5 Å². The minimum Gasteiger partial charge on any atom is -0.481 e. The Hall–Kier alpha value is -3.81. The molecule has 1 amide bonds. The van der Waals surface area contributed by atoms with Crippen molar-refractivity contribution in [3.63, 3.8) is 0 Å². The number of aromatic nitrogens is 3. The molecule has 0 saturated carbocycles. The first-order chi connectivity index (χ1) is 19.6. The largest absolute Gasteiger partial charge is 0.481 e. The van der Waals surface area contributed by atoms with Gasteiger partial charge in [0.05, 0.1) is 23.4 Å². The van der Waals surface area contributed by atoms with Crippen molar-refractivity contribution in [3.05, 3.63) is 63.0 Å². The van der Waals surface area contributed by atoms with Gasteiger partial charge in [-0.1, -0.05) is 18.5 Å². The third-order valence-corrected chi connectivity index (χ3v) is 7.03. The molecular formula is C27H27Cl2F3N6O4. The zero-order valence-electron chi connectivity index (χ0n) is 22.5. The second kappa shape index (κ2) is 12.6. The fourth-order valence-corrected chi connectivity index (χ4v) is 5.01. The summed E-state index contributed by atoms with van der Waals surface area (Å²) in [6.07, 6.45) is -2.67. The highest BCUT2D eigenvalue weighted by atomic mass is 35.5. The fraction of sp³-hybridized carbons (Fsp3) is 0.333. The molecule has 0 spiro atoms. The van der Waals surface area contributed by atoms with Crippen LogP contribution in [0.25, 0.3) is 22.7 Å². The van der Waals surface area contributed by atoms with Gasteiger partial charge in [-0.25, -0.2) is 4.98 Å². The molecule has 3 aromatic heterocycles. The summed E-state index contributed by atoms with van der Waals surface area (Å²) in [4.78, 5) is 37.7. The SMILES string of the molecule is CCc1c(N2CCNCC2)c(=O)c2oc(-c3ccnc(OC)c3)nc2n1CC(=O)Nc1ccc(C(F)(F)F)cc1Cl.Cl. The van der Waals surface area contributed by atoms with Crippen molar-refractivity contribution >= 4 is 52.5 Å². The minimum absolute atomic E-state index is 0. The van der Waals surface area contributed by atoms with Gasteiger partial charge in [0, 0.05) is 49.7 Å². The fourth-order valence-electron chi connectivity index (χ4n) is 4.78. The predicted molar refractivity (Wildman–Crippen MR) is 155 cm³/mol. The van der Waals surface area contributed by atoms with Gasteiger partial charge in [-0.05, 0) is 30.7 Å². The van der Waals surface area contributed by atoms with E-state index in [1.165, 1.54) is 13.3 Å². The number of hydrogen-bond acceptors (Lipinski definition) is 8. The Labute approximate surface area is 249 Å². The van der Waals surface area contributed by atoms with Crippen LogP contribution in [0.2, 0.25) is 5.02 Å². The van der Waals surface area contributed by atoms with E-state index in [2.05, 4.69) is 20.6 Å². The number of ether oxygens (including phenoxy) is 1. The van der Waals surface area contributed by atoms with Crippen molar-refractivity contribution < 1.29 is 27.1 Å². The lowest BCUT2D eigenvalue weighted by Crippen LogP contribution is -2.46. The van der Waals surface area contributed by atoms with Gasteiger partial charge in [0.25, 0.3) is 0 Å². The molecule has 4 aromatic rings. The number of carbonyl (C=O) groups excluding carboxylic acids is 1. The standard InChI is InChI=1S/C27H26ClF3N6O4.ClH/c1-3-19-22(36-10-8-32-9-11-36)23(39)24-25(35-26(41-24)15-6-7-33-21(12-15)40-2)37(19)14-20(38)34-18-5-4-16(13-17(18)28)27(29,30)31;/h4-7,12-13,32H,3,8-11,14H2,1-2H3,(H,34,38);1H. The van der Waals surface area contributed by atoms with Gasteiger partial charge in [-0.15, -0.1) is 12.4 Å². The number of methoxy groups -OCH3 is 1. The molecule has 5 rings (SSSR count). The number of carbonyl (C=O) groups is 1. The summed E-state index contributed by atoms with van der Waals surface area (Å²) in [5, 5.41) is 5.57. The smallest absolute Gasteiger partial charge is 0.416 e. The topological polar surface area (TPSA) is 115 Å². The zero-order valence-corrected chi connectivity index (χ0v) is 24.1. The number of hydrogen-bond donors (Lipinski definition) is 2.